The van der Waals surface area contributed by atoms with Gasteiger partial charge >= 0.3 is 0 Å². The molecule has 1 fully saturated rings. The second kappa shape index (κ2) is 15.6. The van der Waals surface area contributed by atoms with Crippen molar-refractivity contribution < 1.29 is 0 Å². The molecule has 0 saturated heterocycles. The van der Waals surface area contributed by atoms with E-state index in [4.69, 9.17) is 0 Å². The van der Waals surface area contributed by atoms with Crippen molar-refractivity contribution in [1.29, 1.82) is 0 Å². The van der Waals surface area contributed by atoms with Gasteiger partial charge in [0.2, 0.25) is 0 Å². The SMILES string of the molecule is CCCCCCCCCCCCCCCCCCCCC1CC2C=CC1C2. The maximum Gasteiger partial charge on any atom is -0.0199 e. The highest BCUT2D eigenvalue weighted by Gasteiger charge is 2.34. The Bertz CT molecular complexity index is 355. The van der Waals surface area contributed by atoms with Crippen LogP contribution in [0.4, 0.5) is 0 Å². The van der Waals surface area contributed by atoms with E-state index in [0.29, 0.717) is 0 Å². The number of hydrogen-bond donors (Lipinski definition) is 0. The molecule has 3 atom stereocenters. The third kappa shape index (κ3) is 10.7. The molecule has 0 aromatic rings. The van der Waals surface area contributed by atoms with Gasteiger partial charge in [-0.15, -0.1) is 0 Å². The molecule has 2 rings (SSSR count). The predicted molar refractivity (Wildman–Crippen MR) is 122 cm³/mol. The zero-order chi connectivity index (χ0) is 19.0. The van der Waals surface area contributed by atoms with E-state index < -0.39 is 0 Å². The van der Waals surface area contributed by atoms with Crippen molar-refractivity contribution in [1.82, 2.24) is 0 Å². The average Bonchev–Trinajstić information content (AvgIpc) is 3.30. The fraction of sp³-hybridized carbons (Fsp3) is 0.926. The highest BCUT2D eigenvalue weighted by molar-refractivity contribution is 5.09. The summed E-state index contributed by atoms with van der Waals surface area (Å²) >= 11 is 0. The van der Waals surface area contributed by atoms with Crippen molar-refractivity contribution in [3.8, 4) is 0 Å². The van der Waals surface area contributed by atoms with Crippen LogP contribution in [0.2, 0.25) is 0 Å². The smallest absolute Gasteiger partial charge is 0.0199 e. The molecule has 0 radical (unpaired) electrons. The van der Waals surface area contributed by atoms with Crippen LogP contribution in [-0.2, 0) is 0 Å². The summed E-state index contributed by atoms with van der Waals surface area (Å²) < 4.78 is 0. The third-order valence-electron chi connectivity index (χ3n) is 7.34. The lowest BCUT2D eigenvalue weighted by Crippen LogP contribution is -2.06. The first-order valence-electron chi connectivity index (χ1n) is 13.1. The fourth-order valence-corrected chi connectivity index (χ4v) is 5.53. The number of hydrogen-bond acceptors (Lipinski definition) is 0. The molecule has 0 aromatic carbocycles. The Morgan fingerprint density at radius 1 is 0.519 bits per heavy atom. The minimum atomic E-state index is 0.968. The summed E-state index contributed by atoms with van der Waals surface area (Å²) in [6.07, 6.45) is 36.2. The first kappa shape index (κ1) is 23.0. The summed E-state index contributed by atoms with van der Waals surface area (Å²) in [5, 5.41) is 0. The molecule has 2 bridgehead atoms. The van der Waals surface area contributed by atoms with Gasteiger partial charge in [-0.25, -0.2) is 0 Å². The monoisotopic (exact) mass is 374 g/mol. The molecule has 0 spiro atoms. The van der Waals surface area contributed by atoms with Crippen LogP contribution in [0.1, 0.15) is 142 Å². The molecule has 158 valence electrons. The van der Waals surface area contributed by atoms with E-state index in [-0.39, 0.29) is 0 Å². The van der Waals surface area contributed by atoms with Crippen molar-refractivity contribution in [2.45, 2.75) is 142 Å². The van der Waals surface area contributed by atoms with Crippen molar-refractivity contribution in [2.75, 3.05) is 0 Å². The van der Waals surface area contributed by atoms with Crippen LogP contribution in [0.25, 0.3) is 0 Å². The molecular formula is C27H50. The van der Waals surface area contributed by atoms with Crippen molar-refractivity contribution in [3.05, 3.63) is 12.2 Å². The highest BCUT2D eigenvalue weighted by atomic mass is 14.4. The zero-order valence-electron chi connectivity index (χ0n) is 18.7. The summed E-state index contributed by atoms with van der Waals surface area (Å²) in [5.41, 5.74) is 0. The van der Waals surface area contributed by atoms with Gasteiger partial charge in [-0.05, 0) is 37.0 Å². The van der Waals surface area contributed by atoms with Crippen LogP contribution in [0.15, 0.2) is 12.2 Å². The summed E-state index contributed by atoms with van der Waals surface area (Å²) in [6.45, 7) is 2.30. The van der Waals surface area contributed by atoms with Crippen LogP contribution in [0, 0.1) is 17.8 Å². The second-order valence-corrected chi connectivity index (χ2v) is 9.84. The molecule has 2 aliphatic rings. The fourth-order valence-electron chi connectivity index (χ4n) is 5.53. The molecule has 0 N–H and O–H groups in total. The number of unbranched alkanes of at least 4 members (excludes halogenated alkanes) is 17. The van der Waals surface area contributed by atoms with Gasteiger partial charge in [-0.3, -0.25) is 0 Å². The van der Waals surface area contributed by atoms with Gasteiger partial charge in [0.1, 0.15) is 0 Å². The molecular weight excluding hydrogens is 324 g/mol. The minimum absolute atomic E-state index is 0.968. The minimum Gasteiger partial charge on any atom is -0.0851 e. The van der Waals surface area contributed by atoms with Gasteiger partial charge in [-0.2, -0.15) is 0 Å². The van der Waals surface area contributed by atoms with Gasteiger partial charge in [0.25, 0.3) is 0 Å². The summed E-state index contributed by atoms with van der Waals surface area (Å²) in [7, 11) is 0. The van der Waals surface area contributed by atoms with Gasteiger partial charge in [0.05, 0.1) is 0 Å². The standard InChI is InChI=1S/C27H50/c1-2-3-4-5-6-7-8-9-10-11-12-13-14-15-16-17-18-19-20-26-23-25-21-22-27(26)24-25/h21-22,25-27H,2-20,23-24H2,1H3. The van der Waals surface area contributed by atoms with E-state index in [0.717, 1.165) is 17.8 Å². The molecule has 3 unspecified atom stereocenters. The van der Waals surface area contributed by atoms with Crippen molar-refractivity contribution in [3.63, 3.8) is 0 Å². The zero-order valence-corrected chi connectivity index (χ0v) is 18.7. The first-order valence-corrected chi connectivity index (χ1v) is 13.1. The molecule has 1 saturated carbocycles. The molecule has 0 heteroatoms. The molecule has 0 nitrogen and oxygen atoms in total. The van der Waals surface area contributed by atoms with E-state index >= 15 is 0 Å². The van der Waals surface area contributed by atoms with Gasteiger partial charge in [0, 0.05) is 0 Å². The predicted octanol–water partition coefficient (Wildman–Crippen LogP) is 9.63. The van der Waals surface area contributed by atoms with Gasteiger partial charge in [-0.1, -0.05) is 135 Å². The van der Waals surface area contributed by atoms with Gasteiger partial charge < -0.3 is 0 Å². The molecule has 0 aliphatic heterocycles. The lowest BCUT2D eigenvalue weighted by molar-refractivity contribution is 0.393. The Hall–Kier alpha value is -0.260. The quantitative estimate of drug-likeness (QED) is 0.156. The average molecular weight is 375 g/mol. The Kier molecular flexibility index (Phi) is 13.3. The van der Waals surface area contributed by atoms with Crippen LogP contribution in [-0.4, -0.2) is 0 Å². The van der Waals surface area contributed by atoms with Crippen molar-refractivity contribution >= 4 is 0 Å². The Morgan fingerprint density at radius 3 is 1.33 bits per heavy atom. The normalized spacial score (nSPS) is 23.5. The van der Waals surface area contributed by atoms with Gasteiger partial charge in [0.15, 0.2) is 0 Å². The van der Waals surface area contributed by atoms with E-state index in [2.05, 4.69) is 19.1 Å². The van der Waals surface area contributed by atoms with E-state index in [1.54, 1.807) is 0 Å². The molecule has 0 amide bonds. The maximum atomic E-state index is 2.52. The lowest BCUT2D eigenvalue weighted by atomic mass is 9.88. The van der Waals surface area contributed by atoms with Crippen molar-refractivity contribution in [2.24, 2.45) is 17.8 Å². The van der Waals surface area contributed by atoms with Crippen LogP contribution >= 0.6 is 0 Å². The number of fused-ring (bicyclic) bond motifs is 2. The number of allylic oxidation sites excluding steroid dienone is 2. The highest BCUT2D eigenvalue weighted by Crippen LogP contribution is 2.45. The van der Waals surface area contributed by atoms with E-state index in [1.165, 1.54) is 135 Å². The van der Waals surface area contributed by atoms with E-state index in [1.807, 2.05) is 0 Å². The van der Waals surface area contributed by atoms with Crippen LogP contribution in [0.5, 0.6) is 0 Å². The number of rotatable bonds is 19. The second-order valence-electron chi connectivity index (χ2n) is 9.84. The summed E-state index contributed by atoms with van der Waals surface area (Å²) in [6, 6.07) is 0. The van der Waals surface area contributed by atoms with Crippen LogP contribution < -0.4 is 0 Å². The topological polar surface area (TPSA) is 0 Å². The Balaban J connectivity index is 1.21. The Morgan fingerprint density at radius 2 is 0.963 bits per heavy atom. The third-order valence-corrected chi connectivity index (χ3v) is 7.34. The lowest BCUT2D eigenvalue weighted by Gasteiger charge is -2.17. The molecule has 27 heavy (non-hydrogen) atoms. The first-order chi connectivity index (χ1) is 13.4. The molecule has 0 aromatic heterocycles. The van der Waals surface area contributed by atoms with E-state index in [9.17, 15) is 0 Å². The molecule has 0 heterocycles. The van der Waals surface area contributed by atoms with Crippen LogP contribution in [0.3, 0.4) is 0 Å². The molecule has 2 aliphatic carbocycles. The summed E-state index contributed by atoms with van der Waals surface area (Å²) in [5.74, 6) is 3.00. The largest absolute Gasteiger partial charge is 0.0851 e. The Labute approximate surface area is 172 Å². The summed E-state index contributed by atoms with van der Waals surface area (Å²) in [4.78, 5) is 0. The maximum absolute atomic E-state index is 2.52.